The summed E-state index contributed by atoms with van der Waals surface area (Å²) in [5.41, 5.74) is 0. The van der Waals surface area contributed by atoms with E-state index in [1.807, 2.05) is 0 Å². The highest BCUT2D eigenvalue weighted by Crippen LogP contribution is 2.13. The Kier molecular flexibility index (Phi) is 3.35. The highest BCUT2D eigenvalue weighted by atomic mass is 35.5. The zero-order valence-corrected chi connectivity index (χ0v) is 8.27. The van der Waals surface area contributed by atoms with Crippen molar-refractivity contribution < 1.29 is 4.79 Å². The number of nitrogens with one attached hydrogen (secondary N) is 1. The van der Waals surface area contributed by atoms with Crippen LogP contribution in [0.3, 0.4) is 0 Å². The van der Waals surface area contributed by atoms with Gasteiger partial charge in [0.1, 0.15) is 5.88 Å². The van der Waals surface area contributed by atoms with E-state index in [2.05, 4.69) is 24.2 Å². The van der Waals surface area contributed by atoms with Crippen LogP contribution in [0.5, 0.6) is 0 Å². The van der Waals surface area contributed by atoms with Gasteiger partial charge in [-0.15, -0.1) is 11.6 Å². The van der Waals surface area contributed by atoms with Crippen molar-refractivity contribution in [3.05, 3.63) is 0 Å². The van der Waals surface area contributed by atoms with E-state index in [0.717, 1.165) is 13.1 Å². The summed E-state index contributed by atoms with van der Waals surface area (Å²) in [6, 6.07) is 0.279. The number of amides is 1. The van der Waals surface area contributed by atoms with Crippen LogP contribution in [0.25, 0.3) is 0 Å². The molecule has 3 nitrogen and oxygen atoms in total. The maximum atomic E-state index is 11.0. The molecule has 2 unspecified atom stereocenters. The van der Waals surface area contributed by atoms with Gasteiger partial charge in [0, 0.05) is 19.1 Å². The number of likely N-dealkylation sites (N-methyl/N-ethyl adjacent to an activating group) is 1. The van der Waals surface area contributed by atoms with Crippen molar-refractivity contribution in [2.24, 2.45) is 5.92 Å². The molecule has 1 saturated heterocycles. The first-order valence-electron chi connectivity index (χ1n) is 4.17. The number of hydrogen-bond acceptors (Lipinski definition) is 2. The van der Waals surface area contributed by atoms with Crippen molar-refractivity contribution >= 4 is 17.5 Å². The number of carbonyl (C=O) groups excluding carboxylic acids is 1. The minimum atomic E-state index is -0.0659. The summed E-state index contributed by atoms with van der Waals surface area (Å²) < 4.78 is 0. The number of alkyl halides is 1. The summed E-state index contributed by atoms with van der Waals surface area (Å²) >= 11 is 5.39. The minimum absolute atomic E-state index is 0.0624. The van der Waals surface area contributed by atoms with Crippen LogP contribution >= 0.6 is 11.6 Å². The average Bonchev–Trinajstić information content (AvgIpc) is 2.30. The molecule has 1 aliphatic heterocycles. The van der Waals surface area contributed by atoms with E-state index in [1.54, 1.807) is 0 Å². The zero-order chi connectivity index (χ0) is 9.14. The molecular formula is C8H15ClN2O. The first kappa shape index (κ1) is 9.81. The average molecular weight is 191 g/mol. The van der Waals surface area contributed by atoms with E-state index < -0.39 is 0 Å². The highest BCUT2D eigenvalue weighted by Gasteiger charge is 2.27. The quantitative estimate of drug-likeness (QED) is 0.635. The van der Waals surface area contributed by atoms with Gasteiger partial charge < -0.3 is 10.2 Å². The second-order valence-electron chi connectivity index (χ2n) is 3.51. The third kappa shape index (κ3) is 2.35. The summed E-state index contributed by atoms with van der Waals surface area (Å²) in [6.07, 6.45) is 0. The summed E-state index contributed by atoms with van der Waals surface area (Å²) in [6.45, 7) is 4.12. The first-order valence-corrected chi connectivity index (χ1v) is 4.70. The van der Waals surface area contributed by atoms with Crippen molar-refractivity contribution in [2.75, 3.05) is 26.0 Å². The molecule has 0 aromatic carbocycles. The molecule has 1 rings (SSSR count). The van der Waals surface area contributed by atoms with Crippen LogP contribution in [0.2, 0.25) is 0 Å². The summed E-state index contributed by atoms with van der Waals surface area (Å²) in [5, 5.41) is 2.90. The standard InChI is InChI=1S/C8H15ClN2O/c1-6-4-11(2)5-7(6)10-8(12)3-9/h6-7H,3-5H2,1-2H3,(H,10,12). The van der Waals surface area contributed by atoms with Crippen molar-refractivity contribution in [1.82, 2.24) is 10.2 Å². The monoisotopic (exact) mass is 190 g/mol. The number of carbonyl (C=O) groups is 1. The van der Waals surface area contributed by atoms with E-state index in [4.69, 9.17) is 11.6 Å². The normalized spacial score (nSPS) is 30.6. The SMILES string of the molecule is CC1CN(C)CC1NC(=O)CCl. The lowest BCUT2D eigenvalue weighted by Gasteiger charge is -2.15. The van der Waals surface area contributed by atoms with E-state index in [-0.39, 0.29) is 17.8 Å². The lowest BCUT2D eigenvalue weighted by molar-refractivity contribution is -0.119. The number of hydrogen-bond donors (Lipinski definition) is 1. The van der Waals surface area contributed by atoms with Gasteiger partial charge in [-0.1, -0.05) is 6.92 Å². The molecule has 0 spiro atoms. The number of likely N-dealkylation sites (tertiary alicyclic amines) is 1. The molecule has 0 aromatic heterocycles. The van der Waals surface area contributed by atoms with Crippen molar-refractivity contribution in [3.8, 4) is 0 Å². The predicted octanol–water partition coefficient (Wildman–Crippen LogP) is 0.291. The molecule has 0 radical (unpaired) electrons. The van der Waals surface area contributed by atoms with Crippen molar-refractivity contribution in [3.63, 3.8) is 0 Å². The second-order valence-corrected chi connectivity index (χ2v) is 3.77. The maximum Gasteiger partial charge on any atom is 0.235 e. The Hall–Kier alpha value is -0.280. The topological polar surface area (TPSA) is 32.3 Å². The fourth-order valence-electron chi connectivity index (χ4n) is 1.64. The van der Waals surface area contributed by atoms with Gasteiger partial charge in [-0.2, -0.15) is 0 Å². The number of nitrogens with zero attached hydrogens (tertiary/aromatic N) is 1. The molecule has 2 atom stereocenters. The fraction of sp³-hybridized carbons (Fsp3) is 0.875. The van der Waals surface area contributed by atoms with Crippen LogP contribution in [0.1, 0.15) is 6.92 Å². The summed E-state index contributed by atoms with van der Waals surface area (Å²) in [5.74, 6) is 0.526. The Balaban J connectivity index is 2.37. The van der Waals surface area contributed by atoms with Gasteiger partial charge in [-0.05, 0) is 13.0 Å². The Bertz CT molecular complexity index is 174. The van der Waals surface area contributed by atoms with Crippen molar-refractivity contribution in [2.45, 2.75) is 13.0 Å². The molecule has 1 amide bonds. The predicted molar refractivity (Wildman–Crippen MR) is 49.3 cm³/mol. The van der Waals surface area contributed by atoms with Crippen LogP contribution in [-0.2, 0) is 4.79 Å². The van der Waals surface area contributed by atoms with Crippen LogP contribution in [0, 0.1) is 5.92 Å². The summed E-state index contributed by atoms with van der Waals surface area (Å²) in [7, 11) is 2.06. The summed E-state index contributed by atoms with van der Waals surface area (Å²) in [4.78, 5) is 13.2. The molecule has 1 aliphatic rings. The van der Waals surface area contributed by atoms with Gasteiger partial charge in [0.05, 0.1) is 0 Å². The van der Waals surface area contributed by atoms with Crippen LogP contribution in [-0.4, -0.2) is 42.9 Å². The van der Waals surface area contributed by atoms with Gasteiger partial charge in [0.25, 0.3) is 0 Å². The fourth-order valence-corrected chi connectivity index (χ4v) is 1.72. The van der Waals surface area contributed by atoms with E-state index in [9.17, 15) is 4.79 Å². The maximum absolute atomic E-state index is 11.0. The first-order chi connectivity index (χ1) is 5.63. The van der Waals surface area contributed by atoms with Gasteiger partial charge in [0.2, 0.25) is 5.91 Å². The second kappa shape index (κ2) is 4.10. The zero-order valence-electron chi connectivity index (χ0n) is 7.51. The lowest BCUT2D eigenvalue weighted by atomic mass is 10.1. The molecule has 1 fully saturated rings. The number of rotatable bonds is 2. The molecule has 0 saturated carbocycles. The van der Waals surface area contributed by atoms with E-state index in [1.165, 1.54) is 0 Å². The molecule has 0 aromatic rings. The van der Waals surface area contributed by atoms with Crippen LogP contribution in [0.15, 0.2) is 0 Å². The van der Waals surface area contributed by atoms with Crippen molar-refractivity contribution in [1.29, 1.82) is 0 Å². The Morgan fingerprint density at radius 2 is 2.33 bits per heavy atom. The molecule has 0 aliphatic carbocycles. The van der Waals surface area contributed by atoms with E-state index >= 15 is 0 Å². The molecule has 4 heteroatoms. The molecule has 1 N–H and O–H groups in total. The Morgan fingerprint density at radius 3 is 2.75 bits per heavy atom. The van der Waals surface area contributed by atoms with Crippen LogP contribution in [0.4, 0.5) is 0 Å². The van der Waals surface area contributed by atoms with Crippen LogP contribution < -0.4 is 5.32 Å². The third-order valence-electron chi connectivity index (χ3n) is 2.26. The molecule has 1 heterocycles. The van der Waals surface area contributed by atoms with E-state index in [0.29, 0.717) is 5.92 Å². The Morgan fingerprint density at radius 1 is 1.67 bits per heavy atom. The third-order valence-corrected chi connectivity index (χ3v) is 2.51. The molecular weight excluding hydrogens is 176 g/mol. The Labute approximate surface area is 78.1 Å². The molecule has 0 bridgehead atoms. The van der Waals surface area contributed by atoms with Gasteiger partial charge in [-0.3, -0.25) is 4.79 Å². The van der Waals surface area contributed by atoms with Gasteiger partial charge >= 0.3 is 0 Å². The largest absolute Gasteiger partial charge is 0.351 e. The molecule has 12 heavy (non-hydrogen) atoms. The number of halogens is 1. The molecule has 70 valence electrons. The highest BCUT2D eigenvalue weighted by molar-refractivity contribution is 6.27. The van der Waals surface area contributed by atoms with Gasteiger partial charge in [-0.25, -0.2) is 0 Å². The minimum Gasteiger partial charge on any atom is -0.351 e. The van der Waals surface area contributed by atoms with Gasteiger partial charge in [0.15, 0.2) is 0 Å². The lowest BCUT2D eigenvalue weighted by Crippen LogP contribution is -2.40. The smallest absolute Gasteiger partial charge is 0.235 e.